The fourth-order valence-corrected chi connectivity index (χ4v) is 3.82. The maximum atomic E-state index is 12.4. The van der Waals surface area contributed by atoms with Crippen LogP contribution in [0.1, 0.15) is 34.5 Å². The van der Waals surface area contributed by atoms with Crippen LogP contribution >= 0.6 is 0 Å². The van der Waals surface area contributed by atoms with E-state index in [9.17, 15) is 4.79 Å². The van der Waals surface area contributed by atoms with Crippen molar-refractivity contribution in [1.29, 1.82) is 0 Å². The Hall–Kier alpha value is -2.56. The fourth-order valence-electron chi connectivity index (χ4n) is 3.82. The van der Waals surface area contributed by atoms with Crippen LogP contribution in [0.5, 0.6) is 11.5 Å². The lowest BCUT2D eigenvalue weighted by atomic mass is 9.92. The third-order valence-electron chi connectivity index (χ3n) is 5.22. The van der Waals surface area contributed by atoms with Crippen molar-refractivity contribution in [1.82, 2.24) is 9.88 Å². The summed E-state index contributed by atoms with van der Waals surface area (Å²) in [5.74, 6) is 2.14. The van der Waals surface area contributed by atoms with E-state index in [-0.39, 0.29) is 5.91 Å². The van der Waals surface area contributed by atoms with Gasteiger partial charge < -0.3 is 14.4 Å². The molecule has 1 saturated heterocycles. The molecule has 2 aliphatic rings. The predicted octanol–water partition coefficient (Wildman–Crippen LogP) is 3.12. The highest BCUT2D eigenvalue weighted by atomic mass is 16.5. The van der Waals surface area contributed by atoms with Crippen molar-refractivity contribution < 1.29 is 14.3 Å². The van der Waals surface area contributed by atoms with Crippen LogP contribution in [0.25, 0.3) is 0 Å². The highest BCUT2D eigenvalue weighted by Crippen LogP contribution is 2.36. The third kappa shape index (κ3) is 3.39. The highest BCUT2D eigenvalue weighted by molar-refractivity contribution is 5.94. The fraction of sp³-hybridized carbons (Fsp3) is 0.429. The van der Waals surface area contributed by atoms with Crippen molar-refractivity contribution in [2.45, 2.75) is 25.7 Å². The normalized spacial score (nSPS) is 19.0. The molecule has 1 aromatic carbocycles. The van der Waals surface area contributed by atoms with Gasteiger partial charge in [-0.2, -0.15) is 0 Å². The molecular weight excluding hydrogens is 328 g/mol. The van der Waals surface area contributed by atoms with Crippen molar-refractivity contribution in [3.63, 3.8) is 0 Å². The van der Waals surface area contributed by atoms with E-state index >= 15 is 0 Å². The molecule has 5 nitrogen and oxygen atoms in total. The smallest absolute Gasteiger partial charge is 0.255 e. The Morgan fingerprint density at radius 3 is 2.85 bits per heavy atom. The summed E-state index contributed by atoms with van der Waals surface area (Å²) in [5, 5.41) is 0. The third-order valence-corrected chi connectivity index (χ3v) is 5.22. The van der Waals surface area contributed by atoms with Crippen LogP contribution < -0.4 is 9.47 Å². The largest absolute Gasteiger partial charge is 0.493 e. The van der Waals surface area contributed by atoms with Crippen LogP contribution in [0, 0.1) is 5.92 Å². The zero-order chi connectivity index (χ0) is 17.9. The van der Waals surface area contributed by atoms with E-state index in [1.807, 2.05) is 29.2 Å². The van der Waals surface area contributed by atoms with Gasteiger partial charge in [-0.1, -0.05) is 12.1 Å². The molecule has 0 saturated carbocycles. The topological polar surface area (TPSA) is 51.7 Å². The van der Waals surface area contributed by atoms with E-state index < -0.39 is 0 Å². The van der Waals surface area contributed by atoms with Gasteiger partial charge in [-0.15, -0.1) is 0 Å². The number of pyridine rings is 1. The van der Waals surface area contributed by atoms with Gasteiger partial charge in [0, 0.05) is 30.9 Å². The first kappa shape index (κ1) is 16.9. The number of amides is 1. The summed E-state index contributed by atoms with van der Waals surface area (Å²) in [5.41, 5.74) is 2.87. The maximum absolute atomic E-state index is 12.4. The molecule has 1 atom stereocenters. The van der Waals surface area contributed by atoms with Crippen LogP contribution in [-0.4, -0.2) is 42.6 Å². The van der Waals surface area contributed by atoms with Crippen LogP contribution in [0.2, 0.25) is 0 Å². The molecule has 0 bridgehead atoms. The van der Waals surface area contributed by atoms with Gasteiger partial charge in [-0.05, 0) is 49.4 Å². The first-order chi connectivity index (χ1) is 12.7. The van der Waals surface area contributed by atoms with Gasteiger partial charge >= 0.3 is 0 Å². The van der Waals surface area contributed by atoms with Gasteiger partial charge in [0.25, 0.3) is 5.91 Å². The van der Waals surface area contributed by atoms with E-state index in [1.54, 1.807) is 13.3 Å². The number of likely N-dealkylation sites (tertiary alicyclic amines) is 1. The summed E-state index contributed by atoms with van der Waals surface area (Å²) in [6.07, 6.45) is 5.71. The first-order valence-electron chi connectivity index (χ1n) is 9.27. The SMILES string of the molecule is COc1cccc2c1OC[C@@H](Cc1ccc(C(=O)N3CCCC3)cn1)C2. The van der Waals surface area contributed by atoms with Gasteiger partial charge in [-0.3, -0.25) is 9.78 Å². The minimum absolute atomic E-state index is 0.101. The number of fused-ring (bicyclic) bond motifs is 1. The summed E-state index contributed by atoms with van der Waals surface area (Å²) in [6.45, 7) is 2.38. The summed E-state index contributed by atoms with van der Waals surface area (Å²) in [6, 6.07) is 9.90. The number of hydrogen-bond acceptors (Lipinski definition) is 4. The van der Waals surface area contributed by atoms with Crippen LogP contribution in [0.3, 0.4) is 0 Å². The van der Waals surface area contributed by atoms with Crippen molar-refractivity contribution in [2.75, 3.05) is 26.8 Å². The number of hydrogen-bond donors (Lipinski definition) is 0. The van der Waals surface area contributed by atoms with Gasteiger partial charge in [-0.25, -0.2) is 0 Å². The number of nitrogens with zero attached hydrogens (tertiary/aromatic N) is 2. The first-order valence-corrected chi connectivity index (χ1v) is 9.27. The summed E-state index contributed by atoms with van der Waals surface area (Å²) >= 11 is 0. The van der Waals surface area contributed by atoms with Crippen molar-refractivity contribution >= 4 is 5.91 Å². The van der Waals surface area contributed by atoms with Gasteiger partial charge in [0.1, 0.15) is 0 Å². The van der Waals surface area contributed by atoms with E-state index in [0.717, 1.165) is 56.0 Å². The molecule has 1 aromatic heterocycles. The molecule has 26 heavy (non-hydrogen) atoms. The molecule has 5 heteroatoms. The molecule has 3 heterocycles. The number of ether oxygens (including phenoxy) is 2. The Bertz CT molecular complexity index is 782. The molecule has 0 unspecified atom stereocenters. The molecule has 0 radical (unpaired) electrons. The van der Waals surface area contributed by atoms with E-state index in [2.05, 4.69) is 11.1 Å². The van der Waals surface area contributed by atoms with Gasteiger partial charge in [0.15, 0.2) is 11.5 Å². The predicted molar refractivity (Wildman–Crippen MR) is 98.8 cm³/mol. The van der Waals surface area contributed by atoms with E-state index in [1.165, 1.54) is 5.56 Å². The number of rotatable bonds is 4. The van der Waals surface area contributed by atoms with Crippen LogP contribution in [0.15, 0.2) is 36.5 Å². The Balaban J connectivity index is 1.41. The second-order valence-corrected chi connectivity index (χ2v) is 7.07. The number of benzene rings is 1. The molecule has 0 spiro atoms. The Kier molecular flexibility index (Phi) is 4.78. The summed E-state index contributed by atoms with van der Waals surface area (Å²) < 4.78 is 11.3. The molecule has 1 fully saturated rings. The summed E-state index contributed by atoms with van der Waals surface area (Å²) in [7, 11) is 1.67. The average Bonchev–Trinajstić information content (AvgIpc) is 3.22. The number of para-hydroxylation sites is 1. The molecule has 0 aliphatic carbocycles. The lowest BCUT2D eigenvalue weighted by Crippen LogP contribution is -2.27. The van der Waals surface area contributed by atoms with Crippen molar-refractivity contribution in [3.05, 3.63) is 53.3 Å². The van der Waals surface area contributed by atoms with Crippen molar-refractivity contribution in [3.8, 4) is 11.5 Å². The maximum Gasteiger partial charge on any atom is 0.255 e. The molecular formula is C21H24N2O3. The lowest BCUT2D eigenvalue weighted by molar-refractivity contribution is 0.0792. The van der Waals surface area contributed by atoms with E-state index in [4.69, 9.17) is 9.47 Å². The van der Waals surface area contributed by atoms with E-state index in [0.29, 0.717) is 18.1 Å². The Labute approximate surface area is 153 Å². The molecule has 136 valence electrons. The molecule has 0 N–H and O–H groups in total. The zero-order valence-corrected chi connectivity index (χ0v) is 15.1. The van der Waals surface area contributed by atoms with Gasteiger partial charge in [0.05, 0.1) is 19.3 Å². The monoisotopic (exact) mass is 352 g/mol. The molecule has 4 rings (SSSR count). The number of carbonyl (C=O) groups excluding carboxylic acids is 1. The lowest BCUT2D eigenvalue weighted by Gasteiger charge is -2.26. The summed E-state index contributed by atoms with van der Waals surface area (Å²) in [4.78, 5) is 18.8. The molecule has 2 aliphatic heterocycles. The Morgan fingerprint density at radius 1 is 1.27 bits per heavy atom. The second kappa shape index (κ2) is 7.36. The second-order valence-electron chi connectivity index (χ2n) is 7.07. The minimum atomic E-state index is 0.101. The molecule has 1 amide bonds. The Morgan fingerprint density at radius 2 is 2.12 bits per heavy atom. The van der Waals surface area contributed by atoms with Crippen LogP contribution in [-0.2, 0) is 12.8 Å². The molecule has 2 aromatic rings. The number of carbonyl (C=O) groups is 1. The van der Waals surface area contributed by atoms with Crippen LogP contribution in [0.4, 0.5) is 0 Å². The quantitative estimate of drug-likeness (QED) is 0.848. The zero-order valence-electron chi connectivity index (χ0n) is 15.1. The number of methoxy groups -OCH3 is 1. The van der Waals surface area contributed by atoms with Gasteiger partial charge in [0.2, 0.25) is 0 Å². The minimum Gasteiger partial charge on any atom is -0.493 e. The number of aromatic nitrogens is 1. The van der Waals surface area contributed by atoms with Crippen molar-refractivity contribution in [2.24, 2.45) is 5.92 Å². The standard InChI is InChI=1S/C21H24N2O3/c1-25-19-6-4-5-16-11-15(14-26-20(16)19)12-18-8-7-17(13-22-18)21(24)23-9-2-3-10-23/h4-8,13,15H,2-3,9-12,14H2,1H3/t15-/m1/s1. The average molecular weight is 352 g/mol. The highest BCUT2D eigenvalue weighted by Gasteiger charge is 2.24.